The summed E-state index contributed by atoms with van der Waals surface area (Å²) in [5, 5.41) is 4.22. The third-order valence-electron chi connectivity index (χ3n) is 1.82. The number of aromatic nitrogens is 3. The second-order valence-corrected chi connectivity index (χ2v) is 3.23. The van der Waals surface area contributed by atoms with Crippen LogP contribution in [0.5, 0.6) is 0 Å². The molecule has 0 spiro atoms. The van der Waals surface area contributed by atoms with Gasteiger partial charge in [-0.2, -0.15) is 5.10 Å². The number of aromatic amines is 1. The van der Waals surface area contributed by atoms with Crippen LogP contribution in [0.2, 0.25) is 0 Å². The smallest absolute Gasteiger partial charge is 0.266 e. The first-order valence-electron chi connectivity index (χ1n) is 3.85. The monoisotopic (exact) mass is 195 g/mol. The van der Waals surface area contributed by atoms with E-state index in [0.29, 0.717) is 4.84 Å². The van der Waals surface area contributed by atoms with Crippen molar-refractivity contribution in [2.24, 2.45) is 7.05 Å². The molecule has 2 aromatic heterocycles. The van der Waals surface area contributed by atoms with Crippen molar-refractivity contribution in [1.29, 1.82) is 0 Å². The van der Waals surface area contributed by atoms with Crippen LogP contribution in [0, 0.1) is 11.8 Å². The highest BCUT2D eigenvalue weighted by Crippen LogP contribution is 2.19. The van der Waals surface area contributed by atoms with Gasteiger partial charge < -0.3 is 9.40 Å². The zero-order valence-electron chi connectivity index (χ0n) is 7.37. The van der Waals surface area contributed by atoms with E-state index in [1.807, 2.05) is 20.2 Å². The van der Waals surface area contributed by atoms with E-state index >= 15 is 0 Å². The van der Waals surface area contributed by atoms with Crippen molar-refractivity contribution in [1.82, 2.24) is 14.8 Å². The Labute approximate surface area is 80.2 Å². The largest absolute Gasteiger partial charge is 0.437 e. The van der Waals surface area contributed by atoms with E-state index in [9.17, 15) is 0 Å². The lowest BCUT2D eigenvalue weighted by molar-refractivity contribution is 0.541. The van der Waals surface area contributed by atoms with E-state index in [1.54, 1.807) is 10.9 Å². The van der Waals surface area contributed by atoms with Gasteiger partial charge in [-0.3, -0.25) is 4.68 Å². The van der Waals surface area contributed by atoms with Crippen LogP contribution in [0.25, 0.3) is 11.3 Å². The lowest BCUT2D eigenvalue weighted by atomic mass is 10.2. The van der Waals surface area contributed by atoms with Crippen molar-refractivity contribution in [2.45, 2.75) is 6.92 Å². The Balaban J connectivity index is 2.57. The Kier molecular flexibility index (Phi) is 1.81. The molecule has 0 atom stereocenters. The molecular weight excluding hydrogens is 186 g/mol. The molecule has 0 unspecified atom stereocenters. The first kappa shape index (κ1) is 8.25. The molecule has 0 aliphatic carbocycles. The average Bonchev–Trinajstić information content (AvgIpc) is 2.58. The highest BCUT2D eigenvalue weighted by Gasteiger charge is 2.07. The molecule has 2 rings (SSSR count). The molecule has 68 valence electrons. The first-order chi connectivity index (χ1) is 6.16. The van der Waals surface area contributed by atoms with Gasteiger partial charge in [0.15, 0.2) is 0 Å². The highest BCUT2D eigenvalue weighted by molar-refractivity contribution is 7.71. The van der Waals surface area contributed by atoms with Gasteiger partial charge >= 0.3 is 0 Å². The lowest BCUT2D eigenvalue weighted by Crippen LogP contribution is -1.86. The number of nitrogens with zero attached hydrogens (tertiary/aromatic N) is 2. The lowest BCUT2D eigenvalue weighted by Gasteiger charge is -1.88. The third-order valence-corrected chi connectivity index (χ3v) is 2.02. The fraction of sp³-hybridized carbons (Fsp3) is 0.250. The Morgan fingerprint density at radius 1 is 1.62 bits per heavy atom. The summed E-state index contributed by atoms with van der Waals surface area (Å²) in [6.07, 6.45) is 3.53. The Morgan fingerprint density at radius 2 is 2.38 bits per heavy atom. The summed E-state index contributed by atoms with van der Waals surface area (Å²) in [4.78, 5) is 3.33. The van der Waals surface area contributed by atoms with Crippen molar-refractivity contribution in [2.75, 3.05) is 0 Å². The number of H-pyrrole nitrogens is 1. The molecule has 0 aliphatic rings. The van der Waals surface area contributed by atoms with E-state index in [-0.39, 0.29) is 0 Å². The number of hydrogen-bond donors (Lipinski definition) is 1. The van der Waals surface area contributed by atoms with Crippen molar-refractivity contribution in [3.8, 4) is 11.3 Å². The van der Waals surface area contributed by atoms with Gasteiger partial charge in [0, 0.05) is 18.8 Å². The highest BCUT2D eigenvalue weighted by atomic mass is 32.1. The minimum Gasteiger partial charge on any atom is -0.437 e. The SMILES string of the molecule is Cc1nn(C)cc1-c1coc(=S)[nH]1. The summed E-state index contributed by atoms with van der Waals surface area (Å²) < 4.78 is 6.76. The van der Waals surface area contributed by atoms with Gasteiger partial charge in [-0.1, -0.05) is 0 Å². The number of hydrogen-bond acceptors (Lipinski definition) is 3. The molecule has 13 heavy (non-hydrogen) atoms. The molecule has 0 aliphatic heterocycles. The molecule has 0 aromatic carbocycles. The van der Waals surface area contributed by atoms with Crippen molar-refractivity contribution in [3.63, 3.8) is 0 Å². The van der Waals surface area contributed by atoms with Crippen LogP contribution in [-0.4, -0.2) is 14.8 Å². The summed E-state index contributed by atoms with van der Waals surface area (Å²) in [5.74, 6) is 0. The fourth-order valence-electron chi connectivity index (χ4n) is 1.28. The van der Waals surface area contributed by atoms with Gasteiger partial charge in [-0.25, -0.2) is 0 Å². The Bertz CT molecular complexity index is 480. The predicted molar refractivity (Wildman–Crippen MR) is 50.8 cm³/mol. The first-order valence-corrected chi connectivity index (χ1v) is 4.26. The molecule has 4 nitrogen and oxygen atoms in total. The molecule has 0 fully saturated rings. The molecule has 0 bridgehead atoms. The molecule has 2 heterocycles. The van der Waals surface area contributed by atoms with E-state index < -0.39 is 0 Å². The standard InChI is InChI=1S/C8H9N3OS/c1-5-6(3-11(2)10-5)7-4-12-8(13)9-7/h3-4H,1-2H3,(H,9,13). The van der Waals surface area contributed by atoms with Gasteiger partial charge in [-0.05, 0) is 19.1 Å². The molecule has 0 radical (unpaired) electrons. The molecular formula is C8H9N3OS. The Hall–Kier alpha value is -1.36. The van der Waals surface area contributed by atoms with Crippen LogP contribution in [-0.2, 0) is 7.05 Å². The van der Waals surface area contributed by atoms with Gasteiger partial charge in [-0.15, -0.1) is 0 Å². The van der Waals surface area contributed by atoms with E-state index in [1.165, 1.54) is 0 Å². The van der Waals surface area contributed by atoms with Crippen LogP contribution in [0.4, 0.5) is 0 Å². The second-order valence-electron chi connectivity index (χ2n) is 2.86. The topological polar surface area (TPSA) is 46.8 Å². The van der Waals surface area contributed by atoms with Gasteiger partial charge in [0.1, 0.15) is 6.26 Å². The summed E-state index contributed by atoms with van der Waals surface area (Å²) in [6, 6.07) is 0. The molecule has 0 saturated heterocycles. The van der Waals surface area contributed by atoms with Crippen LogP contribution < -0.4 is 0 Å². The second kappa shape index (κ2) is 2.85. The normalized spacial score (nSPS) is 10.6. The summed E-state index contributed by atoms with van der Waals surface area (Å²) >= 11 is 4.83. The summed E-state index contributed by atoms with van der Waals surface area (Å²) in [7, 11) is 1.88. The van der Waals surface area contributed by atoms with E-state index in [0.717, 1.165) is 17.0 Å². The van der Waals surface area contributed by atoms with Gasteiger partial charge in [0.2, 0.25) is 0 Å². The summed E-state index contributed by atoms with van der Waals surface area (Å²) in [6.45, 7) is 1.94. The minimum absolute atomic E-state index is 0.387. The molecule has 2 aromatic rings. The molecule has 5 heteroatoms. The molecule has 1 N–H and O–H groups in total. The maximum Gasteiger partial charge on any atom is 0.266 e. The van der Waals surface area contributed by atoms with Crippen LogP contribution in [0.1, 0.15) is 5.69 Å². The maximum atomic E-state index is 5.01. The van der Waals surface area contributed by atoms with Crippen LogP contribution in [0.3, 0.4) is 0 Å². The van der Waals surface area contributed by atoms with Crippen molar-refractivity contribution >= 4 is 12.2 Å². The van der Waals surface area contributed by atoms with Crippen LogP contribution >= 0.6 is 12.2 Å². The zero-order valence-corrected chi connectivity index (χ0v) is 8.18. The number of nitrogens with one attached hydrogen (secondary N) is 1. The molecule has 0 amide bonds. The fourth-order valence-corrected chi connectivity index (χ4v) is 1.43. The van der Waals surface area contributed by atoms with Gasteiger partial charge in [0.25, 0.3) is 4.84 Å². The van der Waals surface area contributed by atoms with E-state index in [2.05, 4.69) is 10.1 Å². The predicted octanol–water partition coefficient (Wildman–Crippen LogP) is 2.05. The van der Waals surface area contributed by atoms with Crippen LogP contribution in [0.15, 0.2) is 16.9 Å². The number of aryl methyl sites for hydroxylation is 2. The number of rotatable bonds is 1. The average molecular weight is 195 g/mol. The third kappa shape index (κ3) is 1.42. The van der Waals surface area contributed by atoms with Crippen molar-refractivity contribution < 1.29 is 4.42 Å². The zero-order chi connectivity index (χ0) is 9.42. The summed E-state index contributed by atoms with van der Waals surface area (Å²) in [5.41, 5.74) is 2.84. The number of oxazole rings is 1. The maximum absolute atomic E-state index is 5.01. The minimum atomic E-state index is 0.387. The molecule has 0 saturated carbocycles. The van der Waals surface area contributed by atoms with Crippen molar-refractivity contribution in [3.05, 3.63) is 23.0 Å². The van der Waals surface area contributed by atoms with E-state index in [4.69, 9.17) is 16.6 Å². The quantitative estimate of drug-likeness (QED) is 0.708. The Morgan fingerprint density at radius 3 is 2.85 bits per heavy atom. The van der Waals surface area contributed by atoms with Gasteiger partial charge in [0.05, 0.1) is 11.4 Å².